The summed E-state index contributed by atoms with van der Waals surface area (Å²) >= 11 is 5.61. The van der Waals surface area contributed by atoms with Crippen LogP contribution in [0.15, 0.2) is 18.2 Å². The summed E-state index contributed by atoms with van der Waals surface area (Å²) in [5.41, 5.74) is 6.69. The van der Waals surface area contributed by atoms with E-state index in [-0.39, 0.29) is 17.2 Å². The van der Waals surface area contributed by atoms with Crippen molar-refractivity contribution in [2.45, 2.75) is 25.0 Å². The molecule has 1 saturated heterocycles. The highest BCUT2D eigenvalue weighted by atomic mass is 35.5. The van der Waals surface area contributed by atoms with E-state index in [0.29, 0.717) is 6.61 Å². The van der Waals surface area contributed by atoms with Gasteiger partial charge in [0, 0.05) is 12.6 Å². The van der Waals surface area contributed by atoms with Gasteiger partial charge in [0.2, 0.25) is 0 Å². The Morgan fingerprint density at radius 3 is 2.93 bits per heavy atom. The summed E-state index contributed by atoms with van der Waals surface area (Å²) in [4.78, 5) is 0. The first-order valence-corrected chi connectivity index (χ1v) is 5.38. The summed E-state index contributed by atoms with van der Waals surface area (Å²) in [6.45, 7) is 0.683. The Hall–Kier alpha value is -0.640. The summed E-state index contributed by atoms with van der Waals surface area (Å²) < 4.78 is 18.8. The topological polar surface area (TPSA) is 35.2 Å². The van der Waals surface area contributed by atoms with Gasteiger partial charge in [0.25, 0.3) is 0 Å². The minimum absolute atomic E-state index is 0.0562. The Bertz CT molecular complexity index is 358. The van der Waals surface area contributed by atoms with Crippen LogP contribution in [0.1, 0.15) is 24.5 Å². The summed E-state index contributed by atoms with van der Waals surface area (Å²) in [5.74, 6) is -0.421. The predicted molar refractivity (Wildman–Crippen MR) is 57.3 cm³/mol. The third kappa shape index (κ3) is 2.30. The van der Waals surface area contributed by atoms with Crippen molar-refractivity contribution in [3.8, 4) is 0 Å². The van der Waals surface area contributed by atoms with Crippen LogP contribution in [0.2, 0.25) is 5.02 Å². The van der Waals surface area contributed by atoms with Crippen LogP contribution in [0, 0.1) is 5.82 Å². The van der Waals surface area contributed by atoms with Crippen molar-refractivity contribution in [1.82, 2.24) is 0 Å². The lowest BCUT2D eigenvalue weighted by atomic mass is 9.97. The molecule has 1 aromatic rings. The molecule has 2 N–H and O–H groups in total. The molecule has 2 atom stereocenters. The SMILES string of the molecule is NC1CCCOC1c1ccc(Cl)c(F)c1. The molecular weight excluding hydrogens is 217 g/mol. The number of nitrogens with two attached hydrogens (primary N) is 1. The minimum Gasteiger partial charge on any atom is -0.372 e. The van der Waals surface area contributed by atoms with Crippen LogP contribution in [-0.2, 0) is 4.74 Å². The van der Waals surface area contributed by atoms with Gasteiger partial charge in [-0.25, -0.2) is 4.39 Å². The molecule has 0 bridgehead atoms. The second-order valence-corrected chi connectivity index (χ2v) is 4.18. The van der Waals surface area contributed by atoms with E-state index in [9.17, 15) is 4.39 Å². The van der Waals surface area contributed by atoms with Crippen molar-refractivity contribution in [3.05, 3.63) is 34.6 Å². The van der Waals surface area contributed by atoms with Crippen molar-refractivity contribution < 1.29 is 9.13 Å². The van der Waals surface area contributed by atoms with Crippen LogP contribution in [0.4, 0.5) is 4.39 Å². The van der Waals surface area contributed by atoms with Gasteiger partial charge in [0.05, 0.1) is 11.1 Å². The van der Waals surface area contributed by atoms with Crippen LogP contribution in [0.5, 0.6) is 0 Å². The lowest BCUT2D eigenvalue weighted by Crippen LogP contribution is -2.34. The van der Waals surface area contributed by atoms with Crippen molar-refractivity contribution in [2.24, 2.45) is 5.73 Å². The Kier molecular flexibility index (Phi) is 3.24. The van der Waals surface area contributed by atoms with E-state index in [1.54, 1.807) is 6.07 Å². The van der Waals surface area contributed by atoms with Gasteiger partial charge in [0.15, 0.2) is 0 Å². The highest BCUT2D eigenvalue weighted by molar-refractivity contribution is 6.30. The normalized spacial score (nSPS) is 26.6. The van der Waals surface area contributed by atoms with Gasteiger partial charge in [-0.3, -0.25) is 0 Å². The van der Waals surface area contributed by atoms with Crippen molar-refractivity contribution in [1.29, 1.82) is 0 Å². The zero-order valence-corrected chi connectivity index (χ0v) is 9.01. The number of rotatable bonds is 1. The quantitative estimate of drug-likeness (QED) is 0.804. The van der Waals surface area contributed by atoms with E-state index < -0.39 is 5.82 Å². The molecule has 2 rings (SSSR count). The number of hydrogen-bond acceptors (Lipinski definition) is 2. The fourth-order valence-electron chi connectivity index (χ4n) is 1.84. The maximum atomic E-state index is 13.2. The molecule has 15 heavy (non-hydrogen) atoms. The van der Waals surface area contributed by atoms with Crippen LogP contribution >= 0.6 is 11.6 Å². The van der Waals surface area contributed by atoms with Gasteiger partial charge in [0.1, 0.15) is 5.82 Å². The Morgan fingerprint density at radius 1 is 1.47 bits per heavy atom. The monoisotopic (exact) mass is 229 g/mol. The smallest absolute Gasteiger partial charge is 0.142 e. The summed E-state index contributed by atoms with van der Waals surface area (Å²) in [5, 5.41) is 0.128. The van der Waals surface area contributed by atoms with Gasteiger partial charge in [-0.1, -0.05) is 17.7 Å². The summed E-state index contributed by atoms with van der Waals surface area (Å²) in [6, 6.07) is 4.65. The predicted octanol–water partition coefficient (Wildman–Crippen LogP) is 2.66. The molecule has 1 fully saturated rings. The molecule has 0 radical (unpaired) electrons. The zero-order chi connectivity index (χ0) is 10.8. The molecule has 1 heterocycles. The van der Waals surface area contributed by atoms with E-state index in [1.165, 1.54) is 12.1 Å². The molecule has 1 aromatic carbocycles. The van der Waals surface area contributed by atoms with Crippen molar-refractivity contribution in [2.75, 3.05) is 6.61 Å². The first-order valence-electron chi connectivity index (χ1n) is 5.00. The molecule has 2 nitrogen and oxygen atoms in total. The third-order valence-electron chi connectivity index (χ3n) is 2.64. The van der Waals surface area contributed by atoms with Crippen LogP contribution in [-0.4, -0.2) is 12.6 Å². The molecular formula is C11H13ClFNO. The largest absolute Gasteiger partial charge is 0.372 e. The fourth-order valence-corrected chi connectivity index (χ4v) is 1.95. The number of ether oxygens (including phenoxy) is 1. The molecule has 1 aliphatic rings. The van der Waals surface area contributed by atoms with Gasteiger partial charge in [-0.05, 0) is 30.5 Å². The molecule has 0 saturated carbocycles. The molecule has 1 aliphatic heterocycles. The van der Waals surface area contributed by atoms with Gasteiger partial charge < -0.3 is 10.5 Å². The maximum Gasteiger partial charge on any atom is 0.142 e. The Morgan fingerprint density at radius 2 is 2.27 bits per heavy atom. The average molecular weight is 230 g/mol. The summed E-state index contributed by atoms with van der Waals surface area (Å²) in [7, 11) is 0. The molecule has 82 valence electrons. The molecule has 0 aromatic heterocycles. The highest BCUT2D eigenvalue weighted by Crippen LogP contribution is 2.29. The lowest BCUT2D eigenvalue weighted by Gasteiger charge is -2.29. The molecule has 0 spiro atoms. The Balaban J connectivity index is 2.24. The Labute approximate surface area is 93.2 Å². The van der Waals surface area contributed by atoms with E-state index in [2.05, 4.69) is 0 Å². The molecule has 4 heteroatoms. The number of benzene rings is 1. The van der Waals surface area contributed by atoms with Crippen LogP contribution < -0.4 is 5.73 Å². The van der Waals surface area contributed by atoms with Crippen molar-refractivity contribution in [3.63, 3.8) is 0 Å². The van der Waals surface area contributed by atoms with Gasteiger partial charge >= 0.3 is 0 Å². The first kappa shape index (κ1) is 10.9. The first-order chi connectivity index (χ1) is 7.18. The molecule has 0 amide bonds. The van der Waals surface area contributed by atoms with Crippen LogP contribution in [0.3, 0.4) is 0 Å². The van der Waals surface area contributed by atoms with Gasteiger partial charge in [-0.15, -0.1) is 0 Å². The zero-order valence-electron chi connectivity index (χ0n) is 8.25. The van der Waals surface area contributed by atoms with Gasteiger partial charge in [-0.2, -0.15) is 0 Å². The maximum absolute atomic E-state index is 13.2. The van der Waals surface area contributed by atoms with E-state index in [0.717, 1.165) is 18.4 Å². The lowest BCUT2D eigenvalue weighted by molar-refractivity contribution is -0.0000105. The second-order valence-electron chi connectivity index (χ2n) is 3.77. The number of hydrogen-bond donors (Lipinski definition) is 1. The van der Waals surface area contributed by atoms with Crippen LogP contribution in [0.25, 0.3) is 0 Å². The average Bonchev–Trinajstić information content (AvgIpc) is 2.23. The van der Waals surface area contributed by atoms with E-state index in [1.807, 2.05) is 0 Å². The molecule has 0 aliphatic carbocycles. The minimum atomic E-state index is -0.421. The third-order valence-corrected chi connectivity index (χ3v) is 2.95. The fraction of sp³-hybridized carbons (Fsp3) is 0.455. The van der Waals surface area contributed by atoms with Crippen molar-refractivity contribution >= 4 is 11.6 Å². The number of halogens is 2. The highest BCUT2D eigenvalue weighted by Gasteiger charge is 2.24. The molecule has 2 unspecified atom stereocenters. The second kappa shape index (κ2) is 4.47. The summed E-state index contributed by atoms with van der Waals surface area (Å²) in [6.07, 6.45) is 1.67. The van der Waals surface area contributed by atoms with E-state index in [4.69, 9.17) is 22.1 Å². The van der Waals surface area contributed by atoms with E-state index >= 15 is 0 Å². The standard InChI is InChI=1S/C11H13ClFNO/c12-8-4-3-7(6-9(8)13)11-10(14)2-1-5-15-11/h3-4,6,10-11H,1-2,5,14H2.